The Balaban J connectivity index is 1.37. The molecule has 0 radical (unpaired) electrons. The lowest BCUT2D eigenvalue weighted by Crippen LogP contribution is -2.28. The van der Waals surface area contributed by atoms with Gasteiger partial charge in [-0.1, -0.05) is 84.9 Å². The predicted molar refractivity (Wildman–Crippen MR) is 148 cm³/mol. The Morgan fingerprint density at radius 3 is 1.84 bits per heavy atom. The summed E-state index contributed by atoms with van der Waals surface area (Å²) in [7, 11) is 0. The summed E-state index contributed by atoms with van der Waals surface area (Å²) in [6.07, 6.45) is 1.68. The Labute approximate surface area is 220 Å². The fraction of sp³-hybridized carbons (Fsp3) is 0.0286. The van der Waals surface area contributed by atoms with Crippen molar-refractivity contribution in [3.05, 3.63) is 156 Å². The first-order valence-electron chi connectivity index (χ1n) is 12.8. The number of rotatable bonds is 3. The van der Waals surface area contributed by atoms with Crippen molar-refractivity contribution >= 4 is 0 Å². The molecular formula is C35H22O3. The monoisotopic (exact) mass is 490 g/mol. The van der Waals surface area contributed by atoms with Gasteiger partial charge in [-0.05, 0) is 75.8 Å². The Morgan fingerprint density at radius 2 is 1.11 bits per heavy atom. The van der Waals surface area contributed by atoms with E-state index in [0.717, 1.165) is 16.9 Å². The Morgan fingerprint density at radius 1 is 0.447 bits per heavy atom. The largest absolute Gasteiger partial charge is 0.464 e. The van der Waals surface area contributed by atoms with Crippen LogP contribution >= 0.6 is 0 Å². The van der Waals surface area contributed by atoms with Gasteiger partial charge in [-0.2, -0.15) is 0 Å². The maximum atomic E-state index is 6.54. The highest BCUT2D eigenvalue weighted by Gasteiger charge is 2.47. The van der Waals surface area contributed by atoms with Gasteiger partial charge in [0.2, 0.25) is 0 Å². The maximum Gasteiger partial charge on any atom is 0.170 e. The molecule has 2 heterocycles. The van der Waals surface area contributed by atoms with Gasteiger partial charge >= 0.3 is 0 Å². The van der Waals surface area contributed by atoms with E-state index in [9.17, 15) is 0 Å². The van der Waals surface area contributed by atoms with Crippen LogP contribution in [0.15, 0.2) is 138 Å². The van der Waals surface area contributed by atoms with Crippen molar-refractivity contribution in [3.63, 3.8) is 0 Å². The number of benzene rings is 5. The van der Waals surface area contributed by atoms with Crippen molar-refractivity contribution in [1.82, 2.24) is 0 Å². The molecule has 1 aliphatic carbocycles. The van der Waals surface area contributed by atoms with Crippen LogP contribution in [0.4, 0.5) is 0 Å². The van der Waals surface area contributed by atoms with Gasteiger partial charge in [-0.3, -0.25) is 0 Å². The van der Waals surface area contributed by atoms with Gasteiger partial charge in [0.1, 0.15) is 5.76 Å². The Kier molecular flexibility index (Phi) is 4.44. The highest BCUT2D eigenvalue weighted by molar-refractivity contribution is 5.88. The quantitative estimate of drug-likeness (QED) is 0.247. The molecule has 1 aromatic heterocycles. The lowest BCUT2D eigenvalue weighted by molar-refractivity contribution is 0.359. The van der Waals surface area contributed by atoms with E-state index < -0.39 is 5.41 Å². The zero-order chi connectivity index (χ0) is 25.1. The van der Waals surface area contributed by atoms with Crippen molar-refractivity contribution in [2.24, 2.45) is 0 Å². The van der Waals surface area contributed by atoms with Gasteiger partial charge in [-0.25, -0.2) is 0 Å². The van der Waals surface area contributed by atoms with Crippen LogP contribution in [0, 0.1) is 0 Å². The third-order valence-corrected chi connectivity index (χ3v) is 7.71. The summed E-state index contributed by atoms with van der Waals surface area (Å²) >= 11 is 0. The first kappa shape index (κ1) is 21.1. The molecule has 0 amide bonds. The van der Waals surface area contributed by atoms with Crippen LogP contribution in [0.3, 0.4) is 0 Å². The summed E-state index contributed by atoms with van der Waals surface area (Å²) in [5.41, 5.74) is 7.70. The van der Waals surface area contributed by atoms with Crippen LogP contribution in [0.2, 0.25) is 0 Å². The molecule has 0 saturated carbocycles. The molecule has 0 spiro atoms. The minimum absolute atomic E-state index is 0.483. The van der Waals surface area contributed by atoms with Crippen LogP contribution < -0.4 is 9.47 Å². The van der Waals surface area contributed by atoms with Gasteiger partial charge in [0.25, 0.3) is 0 Å². The molecule has 0 unspecified atom stereocenters. The maximum absolute atomic E-state index is 6.54. The second-order valence-corrected chi connectivity index (χ2v) is 9.72. The molecule has 1 aliphatic heterocycles. The van der Waals surface area contributed by atoms with Crippen LogP contribution in [0.1, 0.15) is 22.3 Å². The zero-order valence-corrected chi connectivity index (χ0v) is 20.4. The number of ether oxygens (including phenoxy) is 2. The average molecular weight is 491 g/mol. The van der Waals surface area contributed by atoms with Crippen molar-refractivity contribution in [1.29, 1.82) is 0 Å². The van der Waals surface area contributed by atoms with E-state index >= 15 is 0 Å². The minimum Gasteiger partial charge on any atom is -0.464 e. The van der Waals surface area contributed by atoms with Crippen LogP contribution in [-0.2, 0) is 5.41 Å². The van der Waals surface area contributed by atoms with Crippen molar-refractivity contribution in [2.75, 3.05) is 0 Å². The van der Waals surface area contributed by atoms with E-state index in [-0.39, 0.29) is 0 Å². The summed E-state index contributed by atoms with van der Waals surface area (Å²) in [5, 5.41) is 0. The molecule has 3 nitrogen and oxygen atoms in total. The van der Waals surface area contributed by atoms with E-state index in [4.69, 9.17) is 13.9 Å². The molecule has 38 heavy (non-hydrogen) atoms. The fourth-order valence-electron chi connectivity index (χ4n) is 6.11. The first-order chi connectivity index (χ1) is 18.8. The minimum atomic E-state index is -0.483. The van der Waals surface area contributed by atoms with Crippen LogP contribution in [0.5, 0.6) is 23.0 Å². The second-order valence-electron chi connectivity index (χ2n) is 9.72. The van der Waals surface area contributed by atoms with E-state index in [1.807, 2.05) is 30.3 Å². The van der Waals surface area contributed by atoms with E-state index in [1.165, 1.54) is 27.8 Å². The summed E-state index contributed by atoms with van der Waals surface area (Å²) in [6, 6.07) is 44.2. The predicted octanol–water partition coefficient (Wildman–Crippen LogP) is 9.21. The fourth-order valence-corrected chi connectivity index (χ4v) is 6.11. The second kappa shape index (κ2) is 7.99. The SMILES string of the molecule is c1ccc(C2(c3ccccc3)c3ccccc3-c3cc4c(cc32)Oc2cc(-c3ccco3)ccc2O4)cc1. The molecule has 180 valence electrons. The molecule has 0 fully saturated rings. The Hall–Kier alpha value is -5.02. The van der Waals surface area contributed by atoms with Gasteiger partial charge in [-0.15, -0.1) is 0 Å². The summed E-state index contributed by atoms with van der Waals surface area (Å²) in [4.78, 5) is 0. The Bertz CT molecular complexity index is 1760. The number of hydrogen-bond donors (Lipinski definition) is 0. The van der Waals surface area contributed by atoms with Gasteiger partial charge in [0.15, 0.2) is 23.0 Å². The normalized spacial score (nSPS) is 13.9. The highest BCUT2D eigenvalue weighted by Crippen LogP contribution is 2.59. The molecule has 0 N–H and O–H groups in total. The van der Waals surface area contributed by atoms with Gasteiger partial charge < -0.3 is 13.9 Å². The highest BCUT2D eigenvalue weighted by atomic mass is 16.6. The van der Waals surface area contributed by atoms with Gasteiger partial charge in [0, 0.05) is 5.56 Å². The summed E-state index contributed by atoms with van der Waals surface area (Å²) < 4.78 is 18.6. The smallest absolute Gasteiger partial charge is 0.170 e. The van der Waals surface area contributed by atoms with Crippen LogP contribution in [0.25, 0.3) is 22.5 Å². The molecule has 0 atom stereocenters. The van der Waals surface area contributed by atoms with E-state index in [2.05, 4.69) is 97.1 Å². The molecule has 8 rings (SSSR count). The molecule has 3 heteroatoms. The van der Waals surface area contributed by atoms with Crippen molar-refractivity contribution < 1.29 is 13.9 Å². The molecule has 5 aromatic carbocycles. The molecule has 2 aliphatic rings. The lowest BCUT2D eigenvalue weighted by Gasteiger charge is -2.34. The number of furan rings is 1. The lowest BCUT2D eigenvalue weighted by atomic mass is 9.67. The molecule has 0 bridgehead atoms. The third kappa shape index (κ3) is 2.90. The van der Waals surface area contributed by atoms with E-state index in [1.54, 1.807) is 6.26 Å². The number of fused-ring (bicyclic) bond motifs is 5. The van der Waals surface area contributed by atoms with Gasteiger partial charge in [0.05, 0.1) is 11.7 Å². The average Bonchev–Trinajstić information content (AvgIpc) is 3.61. The topological polar surface area (TPSA) is 31.6 Å². The van der Waals surface area contributed by atoms with Crippen molar-refractivity contribution in [3.8, 4) is 45.4 Å². The standard InChI is InChI=1S/C35H22O3/c1-3-10-24(11-4-1)35(25-12-5-2-6-13-25)28-15-8-7-14-26(28)27-21-33-34(22-29(27)35)38-32-20-23(17-18-31(32)37-33)30-16-9-19-36-30/h1-22H. The van der Waals surface area contributed by atoms with E-state index in [0.29, 0.717) is 23.0 Å². The van der Waals surface area contributed by atoms with Crippen LogP contribution in [-0.4, -0.2) is 0 Å². The van der Waals surface area contributed by atoms with Crippen molar-refractivity contribution in [2.45, 2.75) is 5.41 Å². The summed E-state index contributed by atoms with van der Waals surface area (Å²) in [5.74, 6) is 3.58. The number of hydrogen-bond acceptors (Lipinski definition) is 3. The third-order valence-electron chi connectivity index (χ3n) is 7.71. The molecule has 0 saturated heterocycles. The molecular weight excluding hydrogens is 468 g/mol. The first-order valence-corrected chi connectivity index (χ1v) is 12.8. The summed E-state index contributed by atoms with van der Waals surface area (Å²) in [6.45, 7) is 0. The molecule has 6 aromatic rings. The zero-order valence-electron chi connectivity index (χ0n) is 20.4.